The predicted molar refractivity (Wildman–Crippen MR) is 61.8 cm³/mol. The van der Waals surface area contributed by atoms with Crippen LogP contribution in [0, 0.1) is 5.92 Å². The molecule has 0 aromatic heterocycles. The number of aliphatic hydroxyl groups is 1. The molecule has 0 spiro atoms. The molecule has 15 heavy (non-hydrogen) atoms. The van der Waals surface area contributed by atoms with Crippen LogP contribution in [0.2, 0.25) is 0 Å². The highest BCUT2D eigenvalue weighted by Crippen LogP contribution is 2.14. The van der Waals surface area contributed by atoms with E-state index in [1.54, 1.807) is 20.3 Å². The van der Waals surface area contributed by atoms with Gasteiger partial charge in [-0.3, -0.25) is 0 Å². The van der Waals surface area contributed by atoms with Gasteiger partial charge >= 0.3 is 0 Å². The molecule has 0 aliphatic carbocycles. The second-order valence-corrected chi connectivity index (χ2v) is 3.73. The Labute approximate surface area is 92.4 Å². The number of methoxy groups -OCH3 is 2. The van der Waals surface area contributed by atoms with Gasteiger partial charge in [0.05, 0.1) is 12.7 Å². The Kier molecular flexibility index (Phi) is 7.30. The first-order valence-corrected chi connectivity index (χ1v) is 5.06. The Bertz CT molecular complexity index is 211. The zero-order valence-corrected chi connectivity index (χ0v) is 10.1. The van der Waals surface area contributed by atoms with Gasteiger partial charge < -0.3 is 14.6 Å². The molecule has 3 atom stereocenters. The maximum Gasteiger partial charge on any atom is 0.101 e. The van der Waals surface area contributed by atoms with Gasteiger partial charge in [-0.1, -0.05) is 24.6 Å². The molecule has 1 unspecified atom stereocenters. The summed E-state index contributed by atoms with van der Waals surface area (Å²) >= 11 is 0. The number of ether oxygens (including phenoxy) is 2. The van der Waals surface area contributed by atoms with Crippen molar-refractivity contribution >= 4 is 0 Å². The van der Waals surface area contributed by atoms with Crippen molar-refractivity contribution < 1.29 is 14.6 Å². The first-order valence-electron chi connectivity index (χ1n) is 5.06. The second-order valence-electron chi connectivity index (χ2n) is 3.73. The quantitative estimate of drug-likeness (QED) is 0.656. The lowest BCUT2D eigenvalue weighted by atomic mass is 9.97. The second kappa shape index (κ2) is 7.63. The van der Waals surface area contributed by atoms with E-state index in [-0.39, 0.29) is 12.0 Å². The topological polar surface area (TPSA) is 38.7 Å². The molecule has 3 heteroatoms. The molecule has 0 aliphatic heterocycles. The molecule has 0 heterocycles. The summed E-state index contributed by atoms with van der Waals surface area (Å²) in [5.74, 6) is 0.0168. The summed E-state index contributed by atoms with van der Waals surface area (Å²) in [5, 5.41) is 9.91. The van der Waals surface area contributed by atoms with Gasteiger partial charge in [0, 0.05) is 20.1 Å². The molecule has 0 aromatic rings. The van der Waals surface area contributed by atoms with Crippen molar-refractivity contribution in [3.05, 3.63) is 24.3 Å². The minimum Gasteiger partial charge on any atom is -0.389 e. The Hall–Kier alpha value is -0.640. The fourth-order valence-corrected chi connectivity index (χ4v) is 1.50. The average Bonchev–Trinajstić information content (AvgIpc) is 2.19. The van der Waals surface area contributed by atoms with Gasteiger partial charge in [0.1, 0.15) is 6.10 Å². The normalized spacial score (nSPS) is 18.3. The first kappa shape index (κ1) is 14.4. The maximum atomic E-state index is 9.91. The van der Waals surface area contributed by atoms with Crippen molar-refractivity contribution in [1.29, 1.82) is 0 Å². The van der Waals surface area contributed by atoms with Crippen LogP contribution < -0.4 is 0 Å². The van der Waals surface area contributed by atoms with Gasteiger partial charge in [-0.15, -0.1) is 6.58 Å². The molecule has 0 amide bonds. The Morgan fingerprint density at radius 2 is 2.07 bits per heavy atom. The summed E-state index contributed by atoms with van der Waals surface area (Å²) in [5.41, 5.74) is 1.10. The van der Waals surface area contributed by atoms with Crippen LogP contribution in [-0.2, 0) is 9.47 Å². The van der Waals surface area contributed by atoms with E-state index in [9.17, 15) is 5.11 Å². The van der Waals surface area contributed by atoms with E-state index < -0.39 is 6.10 Å². The van der Waals surface area contributed by atoms with Crippen LogP contribution in [0.3, 0.4) is 0 Å². The van der Waals surface area contributed by atoms with Gasteiger partial charge in [-0.2, -0.15) is 0 Å². The third kappa shape index (κ3) is 5.11. The minimum atomic E-state index is -0.570. The molecule has 88 valence electrons. The van der Waals surface area contributed by atoms with E-state index >= 15 is 0 Å². The lowest BCUT2D eigenvalue weighted by Crippen LogP contribution is -2.31. The Balaban J connectivity index is 4.35. The highest BCUT2D eigenvalue weighted by molar-refractivity contribution is 5.04. The highest BCUT2D eigenvalue weighted by Gasteiger charge is 2.20. The number of aliphatic hydroxyl groups excluding tert-OH is 1. The zero-order chi connectivity index (χ0) is 11.8. The maximum absolute atomic E-state index is 9.91. The summed E-state index contributed by atoms with van der Waals surface area (Å²) in [6.07, 6.45) is 2.70. The third-order valence-corrected chi connectivity index (χ3v) is 2.30. The van der Waals surface area contributed by atoms with Crippen molar-refractivity contribution in [3.63, 3.8) is 0 Å². The van der Waals surface area contributed by atoms with Crippen LogP contribution in [0.25, 0.3) is 0 Å². The molecule has 1 N–H and O–H groups in total. The molecule has 0 saturated heterocycles. The van der Waals surface area contributed by atoms with Crippen LogP contribution in [0.4, 0.5) is 0 Å². The predicted octanol–water partition coefficient (Wildman–Crippen LogP) is 1.78. The molecule has 0 bridgehead atoms. The molecule has 0 saturated carbocycles. The summed E-state index contributed by atoms with van der Waals surface area (Å²) in [6, 6.07) is 0. The van der Waals surface area contributed by atoms with E-state index in [0.29, 0.717) is 6.61 Å². The van der Waals surface area contributed by atoms with Crippen molar-refractivity contribution in [2.75, 3.05) is 20.8 Å². The van der Waals surface area contributed by atoms with Crippen LogP contribution in [0.1, 0.15) is 13.8 Å². The largest absolute Gasteiger partial charge is 0.389 e. The molecular weight excluding hydrogens is 192 g/mol. The van der Waals surface area contributed by atoms with Crippen molar-refractivity contribution in [2.24, 2.45) is 5.92 Å². The van der Waals surface area contributed by atoms with Crippen LogP contribution in [0.5, 0.6) is 0 Å². The van der Waals surface area contributed by atoms with Crippen molar-refractivity contribution in [1.82, 2.24) is 0 Å². The lowest BCUT2D eigenvalue weighted by Gasteiger charge is -2.22. The van der Waals surface area contributed by atoms with Crippen LogP contribution in [0.15, 0.2) is 24.3 Å². The van der Waals surface area contributed by atoms with Crippen LogP contribution in [-0.4, -0.2) is 38.1 Å². The van der Waals surface area contributed by atoms with E-state index in [0.717, 1.165) is 5.57 Å². The number of hydrogen-bond acceptors (Lipinski definition) is 3. The summed E-state index contributed by atoms with van der Waals surface area (Å²) < 4.78 is 10.1. The molecule has 0 aromatic carbocycles. The fraction of sp³-hybridized carbons (Fsp3) is 0.667. The van der Waals surface area contributed by atoms with Gasteiger partial charge in [0.2, 0.25) is 0 Å². The molecule has 0 rings (SSSR count). The number of rotatable bonds is 7. The molecule has 3 nitrogen and oxygen atoms in total. The van der Waals surface area contributed by atoms with Gasteiger partial charge in [-0.05, 0) is 6.92 Å². The number of hydrogen-bond donors (Lipinski definition) is 1. The van der Waals surface area contributed by atoms with Gasteiger partial charge in [0.15, 0.2) is 0 Å². The van der Waals surface area contributed by atoms with E-state index in [2.05, 4.69) is 6.58 Å². The summed E-state index contributed by atoms with van der Waals surface area (Å²) in [6.45, 7) is 8.12. The molecule has 0 radical (unpaired) electrons. The first-order chi connectivity index (χ1) is 7.06. The van der Waals surface area contributed by atoms with Gasteiger partial charge in [-0.25, -0.2) is 0 Å². The smallest absolute Gasteiger partial charge is 0.101 e. The average molecular weight is 214 g/mol. The van der Waals surface area contributed by atoms with Crippen LogP contribution >= 0.6 is 0 Å². The minimum absolute atomic E-state index is 0.0168. The SMILES string of the molecule is C=CC(OC)[C@@H](O)[C@H](C)/C=C(/C)COC. The van der Waals surface area contributed by atoms with E-state index in [1.165, 1.54) is 0 Å². The van der Waals surface area contributed by atoms with Gasteiger partial charge in [0.25, 0.3) is 0 Å². The lowest BCUT2D eigenvalue weighted by molar-refractivity contribution is -0.00164. The third-order valence-electron chi connectivity index (χ3n) is 2.30. The summed E-state index contributed by atoms with van der Waals surface area (Å²) in [4.78, 5) is 0. The molecule has 0 aliphatic rings. The standard InChI is InChI=1S/C12H22O3/c1-6-11(15-5)12(13)10(3)7-9(2)8-14-4/h6-7,10-13H,1,8H2,2-5H3/b9-7-/t10-,11?,12+/m1/s1. The molecular formula is C12H22O3. The summed E-state index contributed by atoms with van der Waals surface area (Å²) in [7, 11) is 3.22. The Morgan fingerprint density at radius 3 is 2.47 bits per heavy atom. The van der Waals surface area contributed by atoms with E-state index in [1.807, 2.05) is 19.9 Å². The van der Waals surface area contributed by atoms with E-state index in [4.69, 9.17) is 9.47 Å². The van der Waals surface area contributed by atoms with Crippen molar-refractivity contribution in [3.8, 4) is 0 Å². The van der Waals surface area contributed by atoms with Crippen molar-refractivity contribution in [2.45, 2.75) is 26.1 Å². The monoisotopic (exact) mass is 214 g/mol. The zero-order valence-electron chi connectivity index (χ0n) is 10.1. The highest BCUT2D eigenvalue weighted by atomic mass is 16.5. The molecule has 0 fully saturated rings. The fourth-order valence-electron chi connectivity index (χ4n) is 1.50. The Morgan fingerprint density at radius 1 is 1.47 bits per heavy atom.